The number of carbonyl (C=O) groups is 1. The molecular weight excluding hydrogens is 440 g/mol. The van der Waals surface area contributed by atoms with Crippen LogP contribution in [0.2, 0.25) is 5.02 Å². The summed E-state index contributed by atoms with van der Waals surface area (Å²) < 4.78 is 17.3. The topological polar surface area (TPSA) is 85.2 Å². The first kappa shape index (κ1) is 23.1. The Kier molecular flexibility index (Phi) is 7.30. The van der Waals surface area contributed by atoms with Crippen molar-refractivity contribution >= 4 is 29.3 Å². The Morgan fingerprint density at radius 1 is 1.23 bits per heavy atom. The van der Waals surface area contributed by atoms with Crippen LogP contribution in [0.25, 0.3) is 0 Å². The normalized spacial score (nSPS) is 29.5. The van der Waals surface area contributed by atoms with Gasteiger partial charge in [-0.1, -0.05) is 23.7 Å². The van der Waals surface area contributed by atoms with Crippen molar-refractivity contribution in [3.8, 4) is 0 Å². The second kappa shape index (κ2) is 9.81. The highest BCUT2D eigenvalue weighted by Crippen LogP contribution is 2.50. The molecule has 0 aromatic heterocycles. The molecule has 1 spiro atoms. The Morgan fingerprint density at radius 3 is 2.65 bits per heavy atom. The molecule has 1 fully saturated rings. The smallest absolute Gasteiger partial charge is 0.335 e. The zero-order valence-corrected chi connectivity index (χ0v) is 19.2. The number of carbonyl (C=O) groups excluding carboxylic acids is 1. The van der Waals surface area contributed by atoms with E-state index in [9.17, 15) is 15.0 Å². The van der Waals surface area contributed by atoms with Gasteiger partial charge in [0.25, 0.3) is 0 Å². The summed E-state index contributed by atoms with van der Waals surface area (Å²) in [7, 11) is 0. The maximum atomic E-state index is 12.9. The van der Waals surface area contributed by atoms with Gasteiger partial charge in [0.1, 0.15) is 12.2 Å². The lowest BCUT2D eigenvalue weighted by molar-refractivity contribution is -0.154. The van der Waals surface area contributed by atoms with Crippen LogP contribution < -0.4 is 0 Å². The fourth-order valence-electron chi connectivity index (χ4n) is 4.74. The first-order valence-electron chi connectivity index (χ1n) is 10.9. The van der Waals surface area contributed by atoms with E-state index in [0.717, 1.165) is 24.3 Å². The van der Waals surface area contributed by atoms with Gasteiger partial charge in [-0.05, 0) is 55.9 Å². The molecule has 4 atom stereocenters. The second-order valence-corrected chi connectivity index (χ2v) is 9.98. The summed E-state index contributed by atoms with van der Waals surface area (Å²) in [6, 6.07) is 6.06. The van der Waals surface area contributed by atoms with E-state index < -0.39 is 18.0 Å². The molecule has 1 heterocycles. The van der Waals surface area contributed by atoms with Crippen molar-refractivity contribution in [2.24, 2.45) is 0 Å². The van der Waals surface area contributed by atoms with Crippen molar-refractivity contribution in [3.05, 3.63) is 46.0 Å². The van der Waals surface area contributed by atoms with Crippen LogP contribution in [-0.4, -0.2) is 59.2 Å². The number of hydrogen-bond donors (Lipinski definition) is 2. The third-order valence-electron chi connectivity index (χ3n) is 6.17. The van der Waals surface area contributed by atoms with Gasteiger partial charge in [-0.15, -0.1) is 11.8 Å². The van der Waals surface area contributed by atoms with Crippen molar-refractivity contribution in [2.45, 2.75) is 67.5 Å². The highest BCUT2D eigenvalue weighted by molar-refractivity contribution is 8.00. The molecule has 1 aliphatic heterocycles. The Labute approximate surface area is 191 Å². The van der Waals surface area contributed by atoms with Crippen LogP contribution in [0.4, 0.5) is 0 Å². The SMILES string of the molecule is CCOC(=O)C1=CC2(CC[C@H]1S[C@H]1CCCc3cccc(Cl)c31)O[C@@H](CO)[C@H](CO)O2. The first-order chi connectivity index (χ1) is 15.0. The molecule has 3 aliphatic rings. The van der Waals surface area contributed by atoms with Crippen molar-refractivity contribution < 1.29 is 29.2 Å². The van der Waals surface area contributed by atoms with Crippen LogP contribution >= 0.6 is 23.4 Å². The molecule has 31 heavy (non-hydrogen) atoms. The molecule has 2 N–H and O–H groups in total. The quantitative estimate of drug-likeness (QED) is 0.617. The minimum Gasteiger partial charge on any atom is -0.463 e. The Morgan fingerprint density at radius 2 is 1.97 bits per heavy atom. The molecule has 1 saturated heterocycles. The van der Waals surface area contributed by atoms with Crippen LogP contribution in [0.3, 0.4) is 0 Å². The van der Waals surface area contributed by atoms with Gasteiger partial charge in [0.15, 0.2) is 5.79 Å². The third kappa shape index (κ3) is 4.68. The number of aryl methyl sites for hydroxylation is 1. The highest BCUT2D eigenvalue weighted by Gasteiger charge is 2.49. The molecule has 0 saturated carbocycles. The number of fused-ring (bicyclic) bond motifs is 1. The fraction of sp³-hybridized carbons (Fsp3) is 0.609. The molecule has 1 aromatic rings. The minimum atomic E-state index is -1.12. The number of benzene rings is 1. The van der Waals surface area contributed by atoms with Gasteiger partial charge in [-0.25, -0.2) is 4.79 Å². The van der Waals surface area contributed by atoms with Gasteiger partial charge in [0.05, 0.1) is 25.4 Å². The molecule has 1 aromatic carbocycles. The number of rotatable bonds is 6. The molecule has 170 valence electrons. The lowest BCUT2D eigenvalue weighted by Gasteiger charge is -2.36. The van der Waals surface area contributed by atoms with Crippen LogP contribution in [0.5, 0.6) is 0 Å². The number of aliphatic hydroxyl groups is 2. The number of aliphatic hydroxyl groups excluding tert-OH is 2. The molecule has 4 rings (SSSR count). The molecule has 2 aliphatic carbocycles. The van der Waals surface area contributed by atoms with E-state index >= 15 is 0 Å². The molecule has 0 bridgehead atoms. The Bertz CT molecular complexity index is 831. The number of esters is 1. The predicted molar refractivity (Wildman–Crippen MR) is 119 cm³/mol. The van der Waals surface area contributed by atoms with Gasteiger partial charge < -0.3 is 24.4 Å². The van der Waals surface area contributed by atoms with Crippen molar-refractivity contribution in [2.75, 3.05) is 19.8 Å². The Hall–Kier alpha value is -1.09. The zero-order valence-electron chi connectivity index (χ0n) is 17.6. The van der Waals surface area contributed by atoms with Crippen LogP contribution in [0.1, 0.15) is 49.0 Å². The van der Waals surface area contributed by atoms with Crippen molar-refractivity contribution in [3.63, 3.8) is 0 Å². The Balaban J connectivity index is 1.61. The monoisotopic (exact) mass is 468 g/mol. The predicted octanol–water partition coefficient (Wildman–Crippen LogP) is 3.57. The molecule has 0 radical (unpaired) electrons. The average molecular weight is 469 g/mol. The van der Waals surface area contributed by atoms with E-state index in [0.29, 0.717) is 18.4 Å². The highest BCUT2D eigenvalue weighted by atomic mass is 35.5. The third-order valence-corrected chi connectivity index (χ3v) is 8.12. The summed E-state index contributed by atoms with van der Waals surface area (Å²) >= 11 is 8.31. The van der Waals surface area contributed by atoms with Gasteiger partial charge in [-0.2, -0.15) is 0 Å². The minimum absolute atomic E-state index is 0.0788. The zero-order chi connectivity index (χ0) is 22.0. The number of thioether (sulfide) groups is 1. The summed E-state index contributed by atoms with van der Waals surface area (Å²) in [6.07, 6.45) is 4.75. The van der Waals surface area contributed by atoms with Gasteiger partial charge >= 0.3 is 5.97 Å². The van der Waals surface area contributed by atoms with E-state index in [1.807, 2.05) is 12.1 Å². The van der Waals surface area contributed by atoms with Gasteiger partial charge in [0.2, 0.25) is 0 Å². The maximum Gasteiger partial charge on any atom is 0.335 e. The van der Waals surface area contributed by atoms with Crippen LogP contribution in [0, 0.1) is 0 Å². The van der Waals surface area contributed by atoms with E-state index in [-0.39, 0.29) is 36.3 Å². The second-order valence-electron chi connectivity index (χ2n) is 8.17. The summed E-state index contributed by atoms with van der Waals surface area (Å²) in [4.78, 5) is 12.9. The molecular formula is C23H29ClO6S. The largest absolute Gasteiger partial charge is 0.463 e. The summed E-state index contributed by atoms with van der Waals surface area (Å²) in [5, 5.41) is 20.1. The fourth-order valence-corrected chi connectivity index (χ4v) is 6.81. The van der Waals surface area contributed by atoms with Gasteiger partial charge in [0, 0.05) is 21.9 Å². The molecule has 6 nitrogen and oxygen atoms in total. The van der Waals surface area contributed by atoms with E-state index in [1.165, 1.54) is 11.1 Å². The maximum absolute atomic E-state index is 12.9. The number of ether oxygens (including phenoxy) is 3. The van der Waals surface area contributed by atoms with E-state index in [1.54, 1.807) is 24.8 Å². The van der Waals surface area contributed by atoms with E-state index in [4.69, 9.17) is 25.8 Å². The van der Waals surface area contributed by atoms with Crippen LogP contribution in [0.15, 0.2) is 29.8 Å². The number of hydrogen-bond acceptors (Lipinski definition) is 7. The summed E-state index contributed by atoms with van der Waals surface area (Å²) in [5.41, 5.74) is 2.98. The van der Waals surface area contributed by atoms with Gasteiger partial charge in [-0.3, -0.25) is 0 Å². The molecule has 0 unspecified atom stereocenters. The lowest BCUT2D eigenvalue weighted by Crippen LogP contribution is -2.37. The standard InChI is InChI=1S/C23H29ClO6S/c1-2-28-22(27)15-11-23(29-17(12-25)18(13-26)30-23)10-9-19(15)31-20-8-4-6-14-5-3-7-16(24)21(14)20/h3,5,7,11,17-20,25-26H,2,4,6,8-10,12-13H2,1H3/t17-,18-,19+,20-/m0/s1. The van der Waals surface area contributed by atoms with Crippen molar-refractivity contribution in [1.82, 2.24) is 0 Å². The van der Waals surface area contributed by atoms with Crippen LogP contribution in [-0.2, 0) is 25.4 Å². The molecule has 8 heteroatoms. The number of halogens is 1. The summed E-state index contributed by atoms with van der Waals surface area (Å²) in [6.45, 7) is 1.54. The first-order valence-corrected chi connectivity index (χ1v) is 12.2. The molecule has 0 amide bonds. The average Bonchev–Trinajstić information content (AvgIpc) is 3.13. The summed E-state index contributed by atoms with van der Waals surface area (Å²) in [5.74, 6) is -1.50. The lowest BCUT2D eigenvalue weighted by atomic mass is 9.91. The van der Waals surface area contributed by atoms with Crippen molar-refractivity contribution in [1.29, 1.82) is 0 Å². The van der Waals surface area contributed by atoms with E-state index in [2.05, 4.69) is 6.07 Å².